The Balaban J connectivity index is 2.01. The molecule has 28 heavy (non-hydrogen) atoms. The van der Waals surface area contributed by atoms with E-state index < -0.39 is 42.4 Å². The molecule has 2 aromatic rings. The fourth-order valence-electron chi connectivity index (χ4n) is 2.95. The third kappa shape index (κ3) is 3.86. The van der Waals surface area contributed by atoms with E-state index >= 15 is 0 Å². The van der Waals surface area contributed by atoms with Crippen LogP contribution in [0, 0.1) is 5.21 Å². The SMILES string of the molecule is CC(=O)OC[C@H]1O[C@@H](n2ncc3c2ncc[n+]3[O-])[C@H](OC(C)=O)[C@@H]1OC(C)=O. The van der Waals surface area contributed by atoms with Crippen LogP contribution in [0.4, 0.5) is 0 Å². The minimum absolute atomic E-state index is 0.167. The normalized spacial score (nSPS) is 24.1. The number of aromatic nitrogens is 4. The zero-order valence-electron chi connectivity index (χ0n) is 15.3. The molecule has 0 radical (unpaired) electrons. The van der Waals surface area contributed by atoms with Gasteiger partial charge in [0.25, 0.3) is 5.52 Å². The van der Waals surface area contributed by atoms with E-state index in [1.165, 1.54) is 44.0 Å². The molecule has 1 fully saturated rings. The Morgan fingerprint density at radius 3 is 2.50 bits per heavy atom. The molecule has 3 heterocycles. The summed E-state index contributed by atoms with van der Waals surface area (Å²) < 4.78 is 23.2. The Labute approximate surface area is 158 Å². The van der Waals surface area contributed by atoms with Crippen molar-refractivity contribution in [3.63, 3.8) is 0 Å². The summed E-state index contributed by atoms with van der Waals surface area (Å²) in [7, 11) is 0. The van der Waals surface area contributed by atoms with E-state index in [0.717, 1.165) is 0 Å². The monoisotopic (exact) mass is 394 g/mol. The zero-order chi connectivity index (χ0) is 20.4. The van der Waals surface area contributed by atoms with Crippen molar-refractivity contribution in [2.45, 2.75) is 45.3 Å². The van der Waals surface area contributed by atoms with Crippen molar-refractivity contribution in [2.24, 2.45) is 0 Å². The topological polar surface area (TPSA) is 146 Å². The lowest BCUT2D eigenvalue weighted by Gasteiger charge is -2.23. The molecule has 0 aliphatic carbocycles. The predicted octanol–water partition coefficient (Wildman–Crippen LogP) is -0.611. The minimum Gasteiger partial charge on any atom is -0.618 e. The first-order valence-corrected chi connectivity index (χ1v) is 8.32. The second-order valence-electron chi connectivity index (χ2n) is 6.07. The first kappa shape index (κ1) is 19.5. The zero-order valence-corrected chi connectivity index (χ0v) is 15.3. The molecule has 0 N–H and O–H groups in total. The third-order valence-corrected chi connectivity index (χ3v) is 3.97. The van der Waals surface area contributed by atoms with E-state index in [-0.39, 0.29) is 17.8 Å². The second-order valence-corrected chi connectivity index (χ2v) is 6.07. The second kappa shape index (κ2) is 7.76. The summed E-state index contributed by atoms with van der Waals surface area (Å²) in [6.07, 6.45) is -0.392. The average molecular weight is 394 g/mol. The van der Waals surface area contributed by atoms with Crippen molar-refractivity contribution >= 4 is 29.1 Å². The number of ether oxygens (including phenoxy) is 4. The largest absolute Gasteiger partial charge is 0.618 e. The number of carbonyl (C=O) groups is 3. The van der Waals surface area contributed by atoms with Gasteiger partial charge in [-0.2, -0.15) is 9.83 Å². The van der Waals surface area contributed by atoms with E-state index in [0.29, 0.717) is 4.73 Å². The van der Waals surface area contributed by atoms with E-state index in [1.807, 2.05) is 0 Å². The maximum atomic E-state index is 11.9. The van der Waals surface area contributed by atoms with E-state index in [9.17, 15) is 19.6 Å². The van der Waals surface area contributed by atoms with Crippen molar-refractivity contribution in [1.82, 2.24) is 14.8 Å². The van der Waals surface area contributed by atoms with Gasteiger partial charge in [0.15, 0.2) is 24.6 Å². The highest BCUT2D eigenvalue weighted by molar-refractivity contribution is 5.68. The highest BCUT2D eigenvalue weighted by Crippen LogP contribution is 2.35. The molecule has 0 unspecified atom stereocenters. The standard InChI is InChI=1S/C16H18N4O8/c1-8(21)25-7-12-13(26-9(2)22)14(27-10(3)23)16(28-12)20-15-11(6-18-20)19(24)5-4-17-15/h4-6,12-14,16H,7H2,1-3H3/t12-,13-,14-,16-/m1/s1. The van der Waals surface area contributed by atoms with Crippen LogP contribution in [0.25, 0.3) is 11.2 Å². The average Bonchev–Trinajstić information content (AvgIpc) is 3.16. The fourth-order valence-corrected chi connectivity index (χ4v) is 2.95. The summed E-state index contributed by atoms with van der Waals surface area (Å²) >= 11 is 0. The van der Waals surface area contributed by atoms with Crippen LogP contribution in [-0.4, -0.2) is 57.6 Å². The van der Waals surface area contributed by atoms with Crippen LogP contribution in [-0.2, 0) is 33.3 Å². The minimum atomic E-state index is -1.10. The van der Waals surface area contributed by atoms with Crippen LogP contribution in [0.5, 0.6) is 0 Å². The molecular formula is C16H18N4O8. The Morgan fingerprint density at radius 2 is 1.86 bits per heavy atom. The highest BCUT2D eigenvalue weighted by Gasteiger charge is 2.51. The van der Waals surface area contributed by atoms with Gasteiger partial charge in [0.2, 0.25) is 5.65 Å². The Kier molecular flexibility index (Phi) is 5.40. The van der Waals surface area contributed by atoms with Gasteiger partial charge in [-0.25, -0.2) is 9.67 Å². The summed E-state index contributed by atoms with van der Waals surface area (Å²) in [6, 6.07) is 0. The first-order valence-electron chi connectivity index (χ1n) is 8.32. The van der Waals surface area contributed by atoms with Gasteiger partial charge in [-0.1, -0.05) is 0 Å². The molecule has 0 bridgehead atoms. The lowest BCUT2D eigenvalue weighted by Crippen LogP contribution is -2.40. The van der Waals surface area contributed by atoms with Crippen molar-refractivity contribution in [1.29, 1.82) is 0 Å². The van der Waals surface area contributed by atoms with Crippen LogP contribution in [0.3, 0.4) is 0 Å². The van der Waals surface area contributed by atoms with Crippen LogP contribution >= 0.6 is 0 Å². The van der Waals surface area contributed by atoms with Gasteiger partial charge >= 0.3 is 17.9 Å². The number of fused-ring (bicyclic) bond motifs is 1. The van der Waals surface area contributed by atoms with Gasteiger partial charge < -0.3 is 24.2 Å². The molecule has 1 saturated heterocycles. The summed E-state index contributed by atoms with van der Waals surface area (Å²) in [4.78, 5) is 38.5. The molecule has 0 saturated carbocycles. The number of carbonyl (C=O) groups excluding carboxylic acids is 3. The van der Waals surface area contributed by atoms with E-state index in [4.69, 9.17) is 18.9 Å². The number of esters is 3. The molecular weight excluding hydrogens is 376 g/mol. The summed E-state index contributed by atoms with van der Waals surface area (Å²) in [5, 5.41) is 16.0. The lowest BCUT2D eigenvalue weighted by molar-refractivity contribution is -0.577. The molecule has 3 rings (SSSR count). The first-order chi connectivity index (χ1) is 13.3. The molecule has 150 valence electrons. The fraction of sp³-hybridized carbons (Fsp3) is 0.500. The van der Waals surface area contributed by atoms with E-state index in [1.54, 1.807) is 0 Å². The van der Waals surface area contributed by atoms with E-state index in [2.05, 4.69) is 10.1 Å². The molecule has 12 heteroatoms. The molecule has 2 aromatic heterocycles. The molecule has 0 aromatic carbocycles. The van der Waals surface area contributed by atoms with Gasteiger partial charge in [0.05, 0.1) is 6.20 Å². The van der Waals surface area contributed by atoms with Crippen molar-refractivity contribution in [3.8, 4) is 0 Å². The Hall–Kier alpha value is -3.28. The molecule has 1 aliphatic rings. The van der Waals surface area contributed by atoms with Crippen LogP contribution in [0.2, 0.25) is 0 Å². The van der Waals surface area contributed by atoms with Gasteiger partial charge in [0, 0.05) is 20.8 Å². The van der Waals surface area contributed by atoms with Gasteiger partial charge in [-0.3, -0.25) is 14.4 Å². The Bertz CT molecular complexity index is 913. The van der Waals surface area contributed by atoms with Crippen molar-refractivity contribution < 1.29 is 38.1 Å². The Morgan fingerprint density at radius 1 is 1.18 bits per heavy atom. The summed E-state index contributed by atoms with van der Waals surface area (Å²) in [5.74, 6) is -1.84. The third-order valence-electron chi connectivity index (χ3n) is 3.97. The van der Waals surface area contributed by atoms with Crippen LogP contribution in [0.1, 0.15) is 27.0 Å². The number of hydrogen-bond donors (Lipinski definition) is 0. The number of rotatable bonds is 5. The van der Waals surface area contributed by atoms with Crippen LogP contribution in [0.15, 0.2) is 18.6 Å². The van der Waals surface area contributed by atoms with Gasteiger partial charge in [-0.05, 0) is 0 Å². The van der Waals surface area contributed by atoms with Crippen molar-refractivity contribution in [3.05, 3.63) is 23.8 Å². The molecule has 1 aliphatic heterocycles. The quantitative estimate of drug-likeness (QED) is 0.278. The number of nitrogens with zero attached hydrogens (tertiary/aromatic N) is 4. The van der Waals surface area contributed by atoms with Gasteiger partial charge in [0.1, 0.15) is 18.9 Å². The highest BCUT2D eigenvalue weighted by atomic mass is 16.7. The van der Waals surface area contributed by atoms with Gasteiger partial charge in [-0.15, -0.1) is 0 Å². The molecule has 0 spiro atoms. The maximum absolute atomic E-state index is 11.9. The smallest absolute Gasteiger partial charge is 0.303 e. The molecule has 4 atom stereocenters. The van der Waals surface area contributed by atoms with Crippen LogP contribution < -0.4 is 4.73 Å². The predicted molar refractivity (Wildman–Crippen MR) is 88.1 cm³/mol. The molecule has 12 nitrogen and oxygen atoms in total. The summed E-state index contributed by atoms with van der Waals surface area (Å²) in [6.45, 7) is 3.35. The lowest BCUT2D eigenvalue weighted by atomic mass is 10.1. The summed E-state index contributed by atoms with van der Waals surface area (Å²) in [5.41, 5.74) is 0.342. The molecule has 0 amide bonds. The van der Waals surface area contributed by atoms with Crippen molar-refractivity contribution in [2.75, 3.05) is 6.61 Å². The number of hydrogen-bond acceptors (Lipinski definition) is 10. The maximum Gasteiger partial charge on any atom is 0.303 e.